The zero-order valence-corrected chi connectivity index (χ0v) is 9.46. The molecule has 0 aliphatic heterocycles. The molecular weight excluding hydrogens is 250 g/mol. The number of ether oxygens (including phenoxy) is 1. The van der Waals surface area contributed by atoms with Crippen LogP contribution in [0.4, 0.5) is 0 Å². The largest absolute Gasteiger partial charge is 0.457 e. The first-order valence-corrected chi connectivity index (χ1v) is 5.05. The fourth-order valence-electron chi connectivity index (χ4n) is 0.969. The second-order valence-corrected chi connectivity index (χ2v) is 3.43. The fourth-order valence-corrected chi connectivity index (χ4v) is 1.39. The summed E-state index contributed by atoms with van der Waals surface area (Å²) in [6, 6.07) is 1.62. The van der Waals surface area contributed by atoms with E-state index in [0.717, 1.165) is 6.42 Å². The molecule has 78 valence electrons. The molecule has 14 heavy (non-hydrogen) atoms. The second kappa shape index (κ2) is 5.82. The zero-order valence-electron chi connectivity index (χ0n) is 7.88. The number of carbonyl (C=O) groups excluding carboxylic acids is 1. The summed E-state index contributed by atoms with van der Waals surface area (Å²) in [5, 5.41) is 2.75. The Balaban J connectivity index is 2.32. The molecule has 4 nitrogen and oxygen atoms in total. The third kappa shape index (κ3) is 3.16. The van der Waals surface area contributed by atoms with Gasteiger partial charge in [-0.2, -0.15) is 0 Å². The molecule has 0 radical (unpaired) electrons. The molecular formula is C9H12BrNO3. The normalized spacial score (nSPS) is 10.1. The minimum atomic E-state index is -0.137. The van der Waals surface area contributed by atoms with Crippen LogP contribution >= 0.6 is 15.9 Å². The van der Waals surface area contributed by atoms with Crippen molar-refractivity contribution in [3.8, 4) is 0 Å². The van der Waals surface area contributed by atoms with Crippen LogP contribution in [0.25, 0.3) is 0 Å². The number of carbonyl (C=O) groups is 1. The maximum Gasteiger partial charge on any atom is 0.255 e. The number of furan rings is 1. The van der Waals surface area contributed by atoms with Gasteiger partial charge in [-0.3, -0.25) is 4.79 Å². The van der Waals surface area contributed by atoms with Crippen LogP contribution in [0, 0.1) is 0 Å². The van der Waals surface area contributed by atoms with Crippen molar-refractivity contribution in [2.24, 2.45) is 0 Å². The van der Waals surface area contributed by atoms with Crippen molar-refractivity contribution in [3.05, 3.63) is 22.6 Å². The van der Waals surface area contributed by atoms with E-state index < -0.39 is 0 Å². The van der Waals surface area contributed by atoms with Crippen LogP contribution in [0.5, 0.6) is 0 Å². The van der Waals surface area contributed by atoms with Gasteiger partial charge in [0.2, 0.25) is 0 Å². The smallest absolute Gasteiger partial charge is 0.255 e. The van der Waals surface area contributed by atoms with Gasteiger partial charge in [-0.05, 0) is 28.4 Å². The minimum absolute atomic E-state index is 0.137. The van der Waals surface area contributed by atoms with Crippen molar-refractivity contribution in [2.75, 3.05) is 20.3 Å². The lowest BCUT2D eigenvalue weighted by molar-refractivity contribution is 0.0947. The summed E-state index contributed by atoms with van der Waals surface area (Å²) in [6.45, 7) is 1.25. The van der Waals surface area contributed by atoms with E-state index in [0.29, 0.717) is 23.4 Å². The number of halogens is 1. The van der Waals surface area contributed by atoms with E-state index in [1.54, 1.807) is 13.2 Å². The Hall–Kier alpha value is -0.810. The summed E-state index contributed by atoms with van der Waals surface area (Å²) in [7, 11) is 1.63. The van der Waals surface area contributed by atoms with Gasteiger partial charge in [0.05, 0.1) is 11.8 Å². The summed E-state index contributed by atoms with van der Waals surface area (Å²) in [6.07, 6.45) is 2.27. The predicted octanol–water partition coefficient (Wildman–Crippen LogP) is 1.81. The Bertz CT molecular complexity index is 298. The highest BCUT2D eigenvalue weighted by atomic mass is 79.9. The third-order valence-corrected chi connectivity index (χ3v) is 2.29. The first kappa shape index (κ1) is 11.3. The van der Waals surface area contributed by atoms with E-state index in [1.807, 2.05) is 0 Å². The summed E-state index contributed by atoms with van der Waals surface area (Å²) in [5.74, 6) is -0.137. The molecule has 0 spiro atoms. The molecule has 1 aromatic rings. The van der Waals surface area contributed by atoms with Gasteiger partial charge in [-0.1, -0.05) is 0 Å². The van der Waals surface area contributed by atoms with E-state index in [-0.39, 0.29) is 5.91 Å². The van der Waals surface area contributed by atoms with E-state index in [9.17, 15) is 4.79 Å². The number of nitrogens with one attached hydrogen (secondary N) is 1. The molecule has 1 rings (SSSR count). The number of hydrogen-bond donors (Lipinski definition) is 1. The molecule has 5 heteroatoms. The minimum Gasteiger partial charge on any atom is -0.457 e. The zero-order chi connectivity index (χ0) is 10.4. The summed E-state index contributed by atoms with van der Waals surface area (Å²) >= 11 is 3.14. The Kier molecular flexibility index (Phi) is 4.69. The predicted molar refractivity (Wildman–Crippen MR) is 55.2 cm³/mol. The van der Waals surface area contributed by atoms with E-state index in [1.165, 1.54) is 6.26 Å². The van der Waals surface area contributed by atoms with Crippen LogP contribution < -0.4 is 5.32 Å². The molecule has 0 atom stereocenters. The van der Waals surface area contributed by atoms with Crippen LogP contribution in [0.3, 0.4) is 0 Å². The van der Waals surface area contributed by atoms with Crippen LogP contribution in [0.2, 0.25) is 0 Å². The van der Waals surface area contributed by atoms with Crippen LogP contribution in [0.15, 0.2) is 21.4 Å². The third-order valence-electron chi connectivity index (χ3n) is 1.67. The van der Waals surface area contributed by atoms with Gasteiger partial charge < -0.3 is 14.5 Å². The standard InChI is InChI=1S/C9H12BrNO3/c1-13-5-2-4-11-9(12)7-3-6-14-8(7)10/h3,6H,2,4-5H2,1H3,(H,11,12). The number of rotatable bonds is 5. The van der Waals surface area contributed by atoms with Gasteiger partial charge in [0, 0.05) is 20.3 Å². The monoisotopic (exact) mass is 261 g/mol. The number of methoxy groups -OCH3 is 1. The molecule has 0 saturated heterocycles. The molecule has 0 aliphatic carbocycles. The Labute approximate surface area is 90.7 Å². The lowest BCUT2D eigenvalue weighted by atomic mass is 10.3. The van der Waals surface area contributed by atoms with E-state index in [2.05, 4.69) is 21.2 Å². The van der Waals surface area contributed by atoms with Gasteiger partial charge >= 0.3 is 0 Å². The lowest BCUT2D eigenvalue weighted by Crippen LogP contribution is -2.25. The molecule has 1 heterocycles. The lowest BCUT2D eigenvalue weighted by Gasteiger charge is -2.02. The van der Waals surface area contributed by atoms with Gasteiger partial charge in [0.15, 0.2) is 4.67 Å². The maximum atomic E-state index is 11.4. The van der Waals surface area contributed by atoms with Crippen molar-refractivity contribution in [2.45, 2.75) is 6.42 Å². The molecule has 0 bridgehead atoms. The van der Waals surface area contributed by atoms with Gasteiger partial charge in [-0.15, -0.1) is 0 Å². The van der Waals surface area contributed by atoms with Crippen molar-refractivity contribution >= 4 is 21.8 Å². The molecule has 0 saturated carbocycles. The topological polar surface area (TPSA) is 51.5 Å². The van der Waals surface area contributed by atoms with Crippen molar-refractivity contribution < 1.29 is 13.9 Å². The van der Waals surface area contributed by atoms with Crippen molar-refractivity contribution in [1.29, 1.82) is 0 Å². The number of hydrogen-bond acceptors (Lipinski definition) is 3. The van der Waals surface area contributed by atoms with Crippen molar-refractivity contribution in [1.82, 2.24) is 5.32 Å². The fraction of sp³-hybridized carbons (Fsp3) is 0.444. The van der Waals surface area contributed by atoms with Crippen LogP contribution in [-0.4, -0.2) is 26.2 Å². The van der Waals surface area contributed by atoms with E-state index >= 15 is 0 Å². The Morgan fingerprint density at radius 2 is 2.50 bits per heavy atom. The SMILES string of the molecule is COCCCNC(=O)c1ccoc1Br. The first-order chi connectivity index (χ1) is 6.75. The van der Waals surface area contributed by atoms with Crippen LogP contribution in [-0.2, 0) is 4.74 Å². The molecule has 0 aromatic carbocycles. The van der Waals surface area contributed by atoms with Gasteiger partial charge in [0.1, 0.15) is 0 Å². The molecule has 0 unspecified atom stereocenters. The average molecular weight is 262 g/mol. The molecule has 0 aliphatic rings. The van der Waals surface area contributed by atoms with Crippen LogP contribution in [0.1, 0.15) is 16.8 Å². The highest BCUT2D eigenvalue weighted by Crippen LogP contribution is 2.16. The maximum absolute atomic E-state index is 11.4. The number of amides is 1. The van der Waals surface area contributed by atoms with E-state index in [4.69, 9.17) is 9.15 Å². The molecule has 1 aromatic heterocycles. The molecule has 0 fully saturated rings. The van der Waals surface area contributed by atoms with Crippen molar-refractivity contribution in [3.63, 3.8) is 0 Å². The Morgan fingerprint density at radius 1 is 1.71 bits per heavy atom. The summed E-state index contributed by atoms with van der Waals surface area (Å²) in [5.41, 5.74) is 0.516. The van der Waals surface area contributed by atoms with Gasteiger partial charge in [0.25, 0.3) is 5.91 Å². The van der Waals surface area contributed by atoms with Gasteiger partial charge in [-0.25, -0.2) is 0 Å². The second-order valence-electron chi connectivity index (χ2n) is 2.71. The summed E-state index contributed by atoms with van der Waals surface area (Å²) < 4.78 is 10.3. The summed E-state index contributed by atoms with van der Waals surface area (Å²) in [4.78, 5) is 11.4. The Morgan fingerprint density at radius 3 is 3.07 bits per heavy atom. The average Bonchev–Trinajstić information content (AvgIpc) is 2.59. The molecule has 1 N–H and O–H groups in total. The molecule has 1 amide bonds. The highest BCUT2D eigenvalue weighted by molar-refractivity contribution is 9.10. The highest BCUT2D eigenvalue weighted by Gasteiger charge is 2.11. The first-order valence-electron chi connectivity index (χ1n) is 4.26. The quantitative estimate of drug-likeness (QED) is 0.823.